The molecule has 0 saturated carbocycles. The molecule has 0 spiro atoms. The van der Waals surface area contributed by atoms with Crippen molar-refractivity contribution in [1.29, 1.82) is 0 Å². The highest BCUT2D eigenvalue weighted by Crippen LogP contribution is 2.31. The van der Waals surface area contributed by atoms with Crippen molar-refractivity contribution in [2.45, 2.75) is 29.5 Å². The number of aliphatic carboxylic acids is 1. The van der Waals surface area contributed by atoms with E-state index < -0.39 is 45.1 Å². The Morgan fingerprint density at radius 1 is 1.16 bits per heavy atom. The van der Waals surface area contributed by atoms with Crippen LogP contribution in [0.15, 0.2) is 62.3 Å². The summed E-state index contributed by atoms with van der Waals surface area (Å²) < 4.78 is 41.1. The van der Waals surface area contributed by atoms with E-state index in [9.17, 15) is 32.0 Å². The molecule has 44 heavy (non-hydrogen) atoms. The molecule has 0 aliphatic heterocycles. The number of nitrogens with one attached hydrogen (secondary N) is 2. The molecule has 18 heteroatoms. The average Bonchev–Trinajstić information content (AvgIpc) is 3.41. The predicted octanol–water partition coefficient (Wildman–Crippen LogP) is 2.38. The lowest BCUT2D eigenvalue weighted by Gasteiger charge is -2.19. The Labute approximate surface area is 258 Å². The number of thiophene rings is 1. The minimum atomic E-state index is -4.36. The summed E-state index contributed by atoms with van der Waals surface area (Å²) in [6, 6.07) is 7.82. The summed E-state index contributed by atoms with van der Waals surface area (Å²) in [5.41, 5.74) is 14.3. The number of halogens is 2. The molecular formula is C26H29ClFN7O7S2. The molecule has 9 N–H and O–H groups in total. The highest BCUT2D eigenvalue weighted by atomic mass is 35.5. The number of anilines is 2. The van der Waals surface area contributed by atoms with E-state index in [1.165, 1.54) is 49.5 Å². The van der Waals surface area contributed by atoms with Crippen LogP contribution in [0, 0.1) is 5.82 Å². The molecule has 14 nitrogen and oxygen atoms in total. The zero-order valence-electron chi connectivity index (χ0n) is 23.1. The Morgan fingerprint density at radius 3 is 2.34 bits per heavy atom. The minimum absolute atomic E-state index is 0.0518. The van der Waals surface area contributed by atoms with Gasteiger partial charge in [-0.2, -0.15) is 12.7 Å². The summed E-state index contributed by atoms with van der Waals surface area (Å²) in [5, 5.41) is 10.9. The number of fused-ring (bicyclic) bond motifs is 1. The Balaban J connectivity index is 0.000000456. The van der Waals surface area contributed by atoms with E-state index in [1.807, 2.05) is 0 Å². The van der Waals surface area contributed by atoms with Crippen molar-refractivity contribution in [3.05, 3.63) is 79.5 Å². The standard InChI is InChI=1S/C20H15ClFN5O5S2.C6H14N2O2/c1-24-15-9-14-12(8-13(15)22)18(28)26(20(30)25-14)10-2-4-11(5-3-10)27(19(23)29)34(31,32)17-7-6-16(21)33-17;7-4-2-1-3-5(8)6(9)10/h2-9,24H,1H3,(H2,23,29)(H,25,30);5H,1-4,7-8H2,(H,9,10)/t;5-/m.0/s1. The van der Waals surface area contributed by atoms with Crippen LogP contribution in [-0.4, -0.2) is 54.7 Å². The van der Waals surface area contributed by atoms with Crippen LogP contribution >= 0.6 is 22.9 Å². The lowest BCUT2D eigenvalue weighted by molar-refractivity contribution is -0.138. The highest BCUT2D eigenvalue weighted by Gasteiger charge is 2.31. The number of carbonyl (C=O) groups is 2. The molecule has 0 bridgehead atoms. The molecule has 2 aromatic heterocycles. The molecule has 0 aliphatic rings. The van der Waals surface area contributed by atoms with Crippen LogP contribution in [0.1, 0.15) is 19.3 Å². The second-order valence-electron chi connectivity index (χ2n) is 9.11. The van der Waals surface area contributed by atoms with Gasteiger partial charge < -0.3 is 32.6 Å². The zero-order valence-corrected chi connectivity index (χ0v) is 25.5. The molecule has 0 fully saturated rings. The van der Waals surface area contributed by atoms with Gasteiger partial charge in [-0.05, 0) is 67.9 Å². The number of nitrogens with zero attached hydrogens (tertiary/aromatic N) is 2. The van der Waals surface area contributed by atoms with E-state index in [0.29, 0.717) is 17.3 Å². The van der Waals surface area contributed by atoms with Gasteiger partial charge in [-0.25, -0.2) is 18.5 Å². The summed E-state index contributed by atoms with van der Waals surface area (Å²) in [5.74, 6) is -1.62. The maximum atomic E-state index is 14.2. The van der Waals surface area contributed by atoms with Crippen molar-refractivity contribution in [2.24, 2.45) is 17.2 Å². The number of unbranched alkanes of at least 4 members (excludes halogenated alkanes) is 1. The molecule has 0 aliphatic carbocycles. The van der Waals surface area contributed by atoms with Crippen molar-refractivity contribution in [1.82, 2.24) is 9.55 Å². The number of carboxylic acid groups (broad SMARTS) is 1. The zero-order chi connectivity index (χ0) is 32.8. The molecule has 4 aromatic rings. The third kappa shape index (κ3) is 7.61. The predicted molar refractivity (Wildman–Crippen MR) is 167 cm³/mol. The fourth-order valence-electron chi connectivity index (χ4n) is 3.94. The number of benzene rings is 2. The van der Waals surface area contributed by atoms with Crippen LogP contribution in [0.3, 0.4) is 0 Å². The lowest BCUT2D eigenvalue weighted by atomic mass is 10.1. The van der Waals surface area contributed by atoms with E-state index in [0.717, 1.165) is 34.8 Å². The van der Waals surface area contributed by atoms with Crippen molar-refractivity contribution in [2.75, 3.05) is 23.2 Å². The molecule has 236 valence electrons. The molecule has 4 rings (SSSR count). The van der Waals surface area contributed by atoms with E-state index in [-0.39, 0.29) is 36.5 Å². The third-order valence-electron chi connectivity index (χ3n) is 6.13. The maximum absolute atomic E-state index is 14.2. The Bertz CT molecular complexity index is 1890. The smallest absolute Gasteiger partial charge is 0.333 e. The topological polar surface area (TPSA) is 237 Å². The van der Waals surface area contributed by atoms with Gasteiger partial charge in [-0.3, -0.25) is 9.59 Å². The van der Waals surface area contributed by atoms with Crippen LogP contribution in [0.5, 0.6) is 0 Å². The fourth-order valence-corrected chi connectivity index (χ4v) is 6.83. The molecule has 2 aromatic carbocycles. The van der Waals surface area contributed by atoms with Gasteiger partial charge in [0.1, 0.15) is 16.1 Å². The van der Waals surface area contributed by atoms with Gasteiger partial charge in [-0.1, -0.05) is 18.0 Å². The van der Waals surface area contributed by atoms with E-state index >= 15 is 0 Å². The monoisotopic (exact) mass is 669 g/mol. The number of carbonyl (C=O) groups excluding carboxylic acids is 1. The first kappa shape index (κ1) is 34.2. The quantitative estimate of drug-likeness (QED) is 0.135. The Kier molecular flexibility index (Phi) is 11.2. The first-order valence-electron chi connectivity index (χ1n) is 12.8. The normalized spacial score (nSPS) is 11.8. The minimum Gasteiger partial charge on any atom is -0.480 e. The van der Waals surface area contributed by atoms with Gasteiger partial charge in [-0.15, -0.1) is 11.3 Å². The first-order valence-corrected chi connectivity index (χ1v) is 15.4. The van der Waals surface area contributed by atoms with E-state index in [1.54, 1.807) is 0 Å². The van der Waals surface area contributed by atoms with Crippen molar-refractivity contribution in [3.63, 3.8) is 0 Å². The number of hydrogen-bond donors (Lipinski definition) is 6. The molecule has 1 atom stereocenters. The first-order chi connectivity index (χ1) is 20.7. The molecule has 0 unspecified atom stereocenters. The van der Waals surface area contributed by atoms with Gasteiger partial charge in [0, 0.05) is 7.05 Å². The number of H-pyrrole nitrogens is 1. The van der Waals surface area contributed by atoms with Gasteiger partial charge >= 0.3 is 17.7 Å². The summed E-state index contributed by atoms with van der Waals surface area (Å²) in [6.07, 6.45) is 2.16. The summed E-state index contributed by atoms with van der Waals surface area (Å²) in [6.45, 7) is 0.604. The van der Waals surface area contributed by atoms with Crippen LogP contribution in [0.25, 0.3) is 16.6 Å². The van der Waals surface area contributed by atoms with E-state index in [2.05, 4.69) is 10.3 Å². The Hall–Kier alpha value is -4.29. The number of sulfonamides is 1. The van der Waals surface area contributed by atoms with Crippen LogP contribution in [-0.2, 0) is 14.8 Å². The number of urea groups is 1. The van der Waals surface area contributed by atoms with Gasteiger partial charge in [0.05, 0.1) is 32.3 Å². The van der Waals surface area contributed by atoms with E-state index in [4.69, 9.17) is 33.9 Å². The number of carboxylic acids is 1. The second-order valence-corrected chi connectivity index (χ2v) is 12.8. The SMILES string of the molecule is CNc1cc2[nH]c(=O)n(-c3ccc(N(C(N)=O)S(=O)(=O)c4ccc(Cl)s4)cc3)c(=O)c2cc1F.NCCCC[C@H](N)C(=O)O. The third-order valence-corrected chi connectivity index (χ3v) is 9.55. The summed E-state index contributed by atoms with van der Waals surface area (Å²) in [4.78, 5) is 50.2. The maximum Gasteiger partial charge on any atom is 0.333 e. The van der Waals surface area contributed by atoms with Gasteiger partial charge in [0.25, 0.3) is 15.6 Å². The molecule has 0 radical (unpaired) electrons. The molecule has 2 amide bonds. The molecule has 0 saturated heterocycles. The van der Waals surface area contributed by atoms with Crippen molar-refractivity contribution >= 4 is 67.2 Å². The number of rotatable bonds is 10. The number of aromatic nitrogens is 2. The molecule has 2 heterocycles. The number of primary amides is 1. The van der Waals surface area contributed by atoms with Crippen LogP contribution in [0.2, 0.25) is 4.34 Å². The number of amides is 2. The number of hydrogen-bond acceptors (Lipinski definition) is 10. The number of nitrogens with two attached hydrogens (primary N) is 3. The largest absolute Gasteiger partial charge is 0.480 e. The fraction of sp³-hybridized carbons (Fsp3) is 0.231. The average molecular weight is 670 g/mol. The van der Waals surface area contributed by atoms with Crippen molar-refractivity contribution < 1.29 is 27.5 Å². The summed E-state index contributed by atoms with van der Waals surface area (Å²) >= 11 is 6.56. The molecular weight excluding hydrogens is 641 g/mol. The van der Waals surface area contributed by atoms with Crippen LogP contribution in [0.4, 0.5) is 20.6 Å². The Morgan fingerprint density at radius 2 is 1.82 bits per heavy atom. The van der Waals surface area contributed by atoms with Gasteiger partial charge in [0.15, 0.2) is 0 Å². The van der Waals surface area contributed by atoms with Crippen molar-refractivity contribution in [3.8, 4) is 5.69 Å². The van der Waals surface area contributed by atoms with Gasteiger partial charge in [0.2, 0.25) is 0 Å². The summed E-state index contributed by atoms with van der Waals surface area (Å²) in [7, 11) is -2.86. The lowest BCUT2D eigenvalue weighted by Crippen LogP contribution is -2.40. The highest BCUT2D eigenvalue weighted by molar-refractivity contribution is 7.95. The second kappa shape index (κ2) is 14.5. The number of aromatic amines is 1. The van der Waals surface area contributed by atoms with Crippen LogP contribution < -0.4 is 38.1 Å².